The minimum absolute atomic E-state index is 0.284. The molecule has 0 N–H and O–H groups in total. The molecule has 3 rings (SSSR count). The molecule has 0 aromatic heterocycles. The molecule has 0 aliphatic carbocycles. The van der Waals surface area contributed by atoms with Gasteiger partial charge in [0.15, 0.2) is 5.78 Å². The Morgan fingerprint density at radius 3 is 2.11 bits per heavy atom. The maximum absolute atomic E-state index is 13.1. The van der Waals surface area contributed by atoms with E-state index in [1.54, 1.807) is 49.4 Å². The first-order valence-electron chi connectivity index (χ1n) is 8.90. The largest absolute Gasteiger partial charge is 0.494 e. The molecule has 2 aromatic rings. The minimum Gasteiger partial charge on any atom is -0.494 e. The van der Waals surface area contributed by atoms with Crippen molar-refractivity contribution in [1.82, 2.24) is 4.90 Å². The second kappa shape index (κ2) is 7.61. The highest BCUT2D eigenvalue weighted by Gasteiger charge is 2.41. The average Bonchev–Trinajstić information content (AvgIpc) is 2.93. The van der Waals surface area contributed by atoms with Gasteiger partial charge in [-0.15, -0.1) is 0 Å². The number of hydrogen-bond donors (Lipinski definition) is 0. The number of fused-ring (bicyclic) bond motifs is 1. The number of rotatable bonds is 7. The molecule has 6 nitrogen and oxygen atoms in total. The Balaban J connectivity index is 1.95. The van der Waals surface area contributed by atoms with Crippen LogP contribution in [0.5, 0.6) is 11.5 Å². The summed E-state index contributed by atoms with van der Waals surface area (Å²) in [6.07, 6.45) is 0. The van der Waals surface area contributed by atoms with Crippen LogP contribution in [-0.4, -0.2) is 41.8 Å². The summed E-state index contributed by atoms with van der Waals surface area (Å²) < 4.78 is 11.0. The van der Waals surface area contributed by atoms with Crippen molar-refractivity contribution in [3.05, 3.63) is 59.2 Å². The molecule has 27 heavy (non-hydrogen) atoms. The summed E-state index contributed by atoms with van der Waals surface area (Å²) in [5, 5.41) is 0. The smallest absolute Gasteiger partial charge is 0.262 e. The monoisotopic (exact) mass is 367 g/mol. The summed E-state index contributed by atoms with van der Waals surface area (Å²) in [6, 6.07) is 10.6. The molecule has 1 heterocycles. The Morgan fingerprint density at radius 1 is 0.963 bits per heavy atom. The van der Waals surface area contributed by atoms with Gasteiger partial charge in [-0.2, -0.15) is 0 Å². The standard InChI is InChI=1S/C21H21NO5/c1-4-26-14-10-11-18(27-5-2)17(12-14)19(23)13(3)22-20(24)15-8-6-7-9-16(15)21(22)25/h6-13H,4-5H2,1-3H3/t13-/m0/s1. The molecule has 0 radical (unpaired) electrons. The van der Waals surface area contributed by atoms with Crippen molar-refractivity contribution < 1.29 is 23.9 Å². The van der Waals surface area contributed by atoms with Crippen LogP contribution in [0.2, 0.25) is 0 Å². The number of Topliss-reactive ketones (excluding diaryl/α,β-unsaturated/α-hetero) is 1. The number of hydrogen-bond acceptors (Lipinski definition) is 5. The van der Waals surface area contributed by atoms with Gasteiger partial charge < -0.3 is 9.47 Å². The number of nitrogens with zero attached hydrogens (tertiary/aromatic N) is 1. The van der Waals surface area contributed by atoms with Crippen LogP contribution in [-0.2, 0) is 0 Å². The number of imide groups is 1. The van der Waals surface area contributed by atoms with Gasteiger partial charge in [-0.05, 0) is 51.1 Å². The maximum atomic E-state index is 13.1. The van der Waals surface area contributed by atoms with Crippen molar-refractivity contribution in [2.45, 2.75) is 26.8 Å². The number of carbonyl (C=O) groups excluding carboxylic acids is 3. The first-order valence-corrected chi connectivity index (χ1v) is 8.90. The molecule has 0 saturated heterocycles. The third-order valence-electron chi connectivity index (χ3n) is 4.42. The van der Waals surface area contributed by atoms with Crippen LogP contribution >= 0.6 is 0 Å². The highest BCUT2D eigenvalue weighted by Crippen LogP contribution is 2.30. The first kappa shape index (κ1) is 18.6. The van der Waals surface area contributed by atoms with Crippen LogP contribution in [0.15, 0.2) is 42.5 Å². The summed E-state index contributed by atoms with van der Waals surface area (Å²) in [5.41, 5.74) is 0.914. The molecule has 2 amide bonds. The average molecular weight is 367 g/mol. The van der Waals surface area contributed by atoms with Gasteiger partial charge in [0.2, 0.25) is 0 Å². The number of ketones is 1. The van der Waals surface area contributed by atoms with Crippen molar-refractivity contribution in [1.29, 1.82) is 0 Å². The third-order valence-corrected chi connectivity index (χ3v) is 4.42. The molecule has 0 fully saturated rings. The van der Waals surface area contributed by atoms with E-state index >= 15 is 0 Å². The fourth-order valence-corrected chi connectivity index (χ4v) is 3.14. The lowest BCUT2D eigenvalue weighted by atomic mass is 10.0. The van der Waals surface area contributed by atoms with Gasteiger partial charge in [-0.1, -0.05) is 12.1 Å². The molecule has 0 saturated carbocycles. The molecule has 6 heteroatoms. The summed E-state index contributed by atoms with van der Waals surface area (Å²) in [7, 11) is 0. The highest BCUT2D eigenvalue weighted by molar-refractivity contribution is 6.23. The molecular weight excluding hydrogens is 346 g/mol. The van der Waals surface area contributed by atoms with Crippen LogP contribution in [0.3, 0.4) is 0 Å². The van der Waals surface area contributed by atoms with Crippen LogP contribution in [0.25, 0.3) is 0 Å². The fraction of sp³-hybridized carbons (Fsp3) is 0.286. The van der Waals surface area contributed by atoms with Crippen molar-refractivity contribution in [3.63, 3.8) is 0 Å². The summed E-state index contributed by atoms with van der Waals surface area (Å²) in [6.45, 7) is 6.05. The van der Waals surface area contributed by atoms with E-state index in [2.05, 4.69) is 0 Å². The van der Waals surface area contributed by atoms with Crippen LogP contribution in [0.4, 0.5) is 0 Å². The van der Waals surface area contributed by atoms with Crippen molar-refractivity contribution in [3.8, 4) is 11.5 Å². The zero-order chi connectivity index (χ0) is 19.6. The van der Waals surface area contributed by atoms with E-state index in [1.807, 2.05) is 13.8 Å². The first-order chi connectivity index (χ1) is 13.0. The second-order valence-electron chi connectivity index (χ2n) is 6.09. The van der Waals surface area contributed by atoms with E-state index in [-0.39, 0.29) is 11.3 Å². The van der Waals surface area contributed by atoms with Gasteiger partial charge in [0.05, 0.1) is 29.9 Å². The third kappa shape index (κ3) is 3.30. The van der Waals surface area contributed by atoms with E-state index in [4.69, 9.17) is 9.47 Å². The van der Waals surface area contributed by atoms with Gasteiger partial charge in [0.1, 0.15) is 17.5 Å². The molecular formula is C21H21NO5. The molecule has 2 aromatic carbocycles. The zero-order valence-electron chi connectivity index (χ0n) is 15.5. The predicted molar refractivity (Wildman–Crippen MR) is 99.5 cm³/mol. The SMILES string of the molecule is CCOc1ccc(OCC)c(C(=O)[C@H](C)N2C(=O)c3ccccc3C2=O)c1. The quantitative estimate of drug-likeness (QED) is 0.554. The van der Waals surface area contributed by atoms with Gasteiger partial charge in [-0.25, -0.2) is 0 Å². The molecule has 0 unspecified atom stereocenters. The number of amides is 2. The van der Waals surface area contributed by atoms with Gasteiger partial charge in [0, 0.05) is 0 Å². The van der Waals surface area contributed by atoms with Crippen molar-refractivity contribution >= 4 is 17.6 Å². The molecule has 0 spiro atoms. The lowest BCUT2D eigenvalue weighted by Gasteiger charge is -2.22. The summed E-state index contributed by atoms with van der Waals surface area (Å²) in [5.74, 6) is -0.381. The van der Waals surface area contributed by atoms with E-state index in [0.29, 0.717) is 35.8 Å². The van der Waals surface area contributed by atoms with Crippen LogP contribution in [0.1, 0.15) is 51.8 Å². The zero-order valence-corrected chi connectivity index (χ0v) is 15.5. The van der Waals surface area contributed by atoms with Crippen LogP contribution < -0.4 is 9.47 Å². The number of benzene rings is 2. The van der Waals surface area contributed by atoms with E-state index in [1.165, 1.54) is 0 Å². The number of carbonyl (C=O) groups is 3. The normalized spacial score (nSPS) is 14.1. The van der Waals surface area contributed by atoms with Crippen molar-refractivity contribution in [2.75, 3.05) is 13.2 Å². The minimum atomic E-state index is -0.964. The summed E-state index contributed by atoms with van der Waals surface area (Å²) >= 11 is 0. The van der Waals surface area contributed by atoms with E-state index < -0.39 is 17.9 Å². The molecule has 1 aliphatic heterocycles. The molecule has 1 atom stereocenters. The van der Waals surface area contributed by atoms with Gasteiger partial charge >= 0.3 is 0 Å². The van der Waals surface area contributed by atoms with Crippen molar-refractivity contribution in [2.24, 2.45) is 0 Å². The lowest BCUT2D eigenvalue weighted by Crippen LogP contribution is -2.43. The predicted octanol–water partition coefficient (Wildman–Crippen LogP) is 3.35. The Morgan fingerprint density at radius 2 is 1.56 bits per heavy atom. The Bertz CT molecular complexity index is 870. The second-order valence-corrected chi connectivity index (χ2v) is 6.09. The Labute approximate surface area is 157 Å². The topological polar surface area (TPSA) is 72.9 Å². The molecule has 1 aliphatic rings. The van der Waals surface area contributed by atoms with E-state index in [9.17, 15) is 14.4 Å². The fourth-order valence-electron chi connectivity index (χ4n) is 3.14. The number of ether oxygens (including phenoxy) is 2. The van der Waals surface area contributed by atoms with Crippen LogP contribution in [0, 0.1) is 0 Å². The molecule has 140 valence electrons. The maximum Gasteiger partial charge on any atom is 0.262 e. The van der Waals surface area contributed by atoms with Gasteiger partial charge in [0.25, 0.3) is 11.8 Å². The van der Waals surface area contributed by atoms with E-state index in [0.717, 1.165) is 4.90 Å². The summed E-state index contributed by atoms with van der Waals surface area (Å²) in [4.78, 5) is 39.5. The molecule has 0 bridgehead atoms. The van der Waals surface area contributed by atoms with Gasteiger partial charge in [-0.3, -0.25) is 19.3 Å². The Kier molecular flexibility index (Phi) is 5.26. The Hall–Kier alpha value is -3.15. The lowest BCUT2D eigenvalue weighted by molar-refractivity contribution is 0.0554. The highest BCUT2D eigenvalue weighted by atomic mass is 16.5.